The van der Waals surface area contributed by atoms with E-state index >= 15 is 0 Å². The summed E-state index contributed by atoms with van der Waals surface area (Å²) in [6.45, 7) is 2.05. The molecule has 0 saturated heterocycles. The summed E-state index contributed by atoms with van der Waals surface area (Å²) in [7, 11) is 0. The molecule has 1 rings (SSSR count). The summed E-state index contributed by atoms with van der Waals surface area (Å²) in [5.74, 6) is 0.639. The van der Waals surface area contributed by atoms with Crippen LogP contribution in [0.25, 0.3) is 0 Å². The molecule has 0 spiro atoms. The Morgan fingerprint density at radius 1 is 1.38 bits per heavy atom. The van der Waals surface area contributed by atoms with Gasteiger partial charge in [0.2, 0.25) is 0 Å². The molecule has 13 heavy (non-hydrogen) atoms. The Hall–Kier alpha value is -1.44. The van der Waals surface area contributed by atoms with Crippen molar-refractivity contribution in [1.29, 1.82) is 0 Å². The van der Waals surface area contributed by atoms with E-state index in [1.54, 1.807) is 18.2 Å². The molecule has 0 aliphatic rings. The van der Waals surface area contributed by atoms with Crippen LogP contribution in [0.3, 0.4) is 0 Å². The molecule has 0 saturated carbocycles. The van der Waals surface area contributed by atoms with E-state index < -0.39 is 0 Å². The SMILES string of the molecule is CCCC=C(O)Oc1ccccc1. The number of ether oxygens (including phenoxy) is 1. The maximum absolute atomic E-state index is 9.27. The van der Waals surface area contributed by atoms with Gasteiger partial charge >= 0.3 is 0 Å². The molecule has 0 unspecified atom stereocenters. The summed E-state index contributed by atoms with van der Waals surface area (Å²) in [5.41, 5.74) is 0. The third kappa shape index (κ3) is 3.65. The third-order valence-corrected chi connectivity index (χ3v) is 1.57. The number of hydrogen-bond acceptors (Lipinski definition) is 2. The summed E-state index contributed by atoms with van der Waals surface area (Å²) < 4.78 is 5.13. The van der Waals surface area contributed by atoms with Crippen molar-refractivity contribution in [3.8, 4) is 5.75 Å². The molecule has 1 aromatic carbocycles. The molecule has 70 valence electrons. The van der Waals surface area contributed by atoms with Crippen molar-refractivity contribution in [1.82, 2.24) is 0 Å². The van der Waals surface area contributed by atoms with Gasteiger partial charge in [0.15, 0.2) is 0 Å². The summed E-state index contributed by atoms with van der Waals surface area (Å²) in [4.78, 5) is 0. The van der Waals surface area contributed by atoms with Crippen LogP contribution in [-0.2, 0) is 0 Å². The molecule has 1 aromatic rings. The molecule has 1 N–H and O–H groups in total. The van der Waals surface area contributed by atoms with Gasteiger partial charge in [0.25, 0.3) is 5.95 Å². The van der Waals surface area contributed by atoms with Crippen LogP contribution in [0.15, 0.2) is 42.4 Å². The van der Waals surface area contributed by atoms with E-state index in [9.17, 15) is 5.11 Å². The minimum absolute atomic E-state index is 0.0203. The maximum Gasteiger partial charge on any atom is 0.277 e. The smallest absolute Gasteiger partial charge is 0.277 e. The van der Waals surface area contributed by atoms with Crippen molar-refractivity contribution < 1.29 is 9.84 Å². The van der Waals surface area contributed by atoms with E-state index in [-0.39, 0.29) is 5.95 Å². The molecule has 0 fully saturated rings. The van der Waals surface area contributed by atoms with Crippen LogP contribution in [0, 0.1) is 0 Å². The molecule has 0 aromatic heterocycles. The van der Waals surface area contributed by atoms with Gasteiger partial charge < -0.3 is 9.84 Å². The molecule has 0 atom stereocenters. The van der Waals surface area contributed by atoms with Gasteiger partial charge in [0.05, 0.1) is 0 Å². The van der Waals surface area contributed by atoms with Gasteiger partial charge in [-0.3, -0.25) is 0 Å². The van der Waals surface area contributed by atoms with Crippen LogP contribution in [0.2, 0.25) is 0 Å². The van der Waals surface area contributed by atoms with Crippen LogP contribution in [-0.4, -0.2) is 5.11 Å². The highest BCUT2D eigenvalue weighted by molar-refractivity contribution is 5.22. The van der Waals surface area contributed by atoms with Gasteiger partial charge in [0, 0.05) is 0 Å². The average molecular weight is 178 g/mol. The minimum atomic E-state index is -0.0203. The zero-order valence-electron chi connectivity index (χ0n) is 7.73. The number of aliphatic hydroxyl groups excluding tert-OH is 1. The first-order chi connectivity index (χ1) is 6.33. The Kier molecular flexibility index (Phi) is 3.89. The van der Waals surface area contributed by atoms with E-state index in [1.165, 1.54) is 0 Å². The van der Waals surface area contributed by atoms with Crippen molar-refractivity contribution in [2.75, 3.05) is 0 Å². The molecule has 0 heterocycles. The number of rotatable bonds is 4. The second-order valence-electron chi connectivity index (χ2n) is 2.75. The number of para-hydroxylation sites is 1. The highest BCUT2D eigenvalue weighted by Crippen LogP contribution is 2.11. The fourth-order valence-electron chi connectivity index (χ4n) is 0.919. The second kappa shape index (κ2) is 5.25. The van der Waals surface area contributed by atoms with E-state index in [0.29, 0.717) is 5.75 Å². The molecule has 2 nitrogen and oxygen atoms in total. The minimum Gasteiger partial charge on any atom is -0.481 e. The molecule has 0 aliphatic heterocycles. The quantitative estimate of drug-likeness (QED) is 0.717. The first-order valence-corrected chi connectivity index (χ1v) is 4.45. The lowest BCUT2D eigenvalue weighted by Gasteiger charge is -2.02. The lowest BCUT2D eigenvalue weighted by molar-refractivity contribution is 0.206. The van der Waals surface area contributed by atoms with Gasteiger partial charge in [-0.15, -0.1) is 0 Å². The molecule has 0 radical (unpaired) electrons. The van der Waals surface area contributed by atoms with Crippen molar-refractivity contribution in [3.05, 3.63) is 42.4 Å². The fourth-order valence-corrected chi connectivity index (χ4v) is 0.919. The molecule has 2 heteroatoms. The van der Waals surface area contributed by atoms with Crippen LogP contribution in [0.1, 0.15) is 19.8 Å². The third-order valence-electron chi connectivity index (χ3n) is 1.57. The maximum atomic E-state index is 9.27. The topological polar surface area (TPSA) is 29.5 Å². The average Bonchev–Trinajstić information content (AvgIpc) is 2.16. The van der Waals surface area contributed by atoms with Crippen LogP contribution in [0.5, 0.6) is 5.75 Å². The zero-order valence-corrected chi connectivity index (χ0v) is 7.73. The van der Waals surface area contributed by atoms with Crippen LogP contribution < -0.4 is 4.74 Å². The van der Waals surface area contributed by atoms with E-state index in [0.717, 1.165) is 12.8 Å². The number of benzene rings is 1. The number of unbranched alkanes of at least 4 members (excludes halogenated alkanes) is 1. The largest absolute Gasteiger partial charge is 0.481 e. The van der Waals surface area contributed by atoms with Crippen LogP contribution >= 0.6 is 0 Å². The lowest BCUT2D eigenvalue weighted by atomic mass is 10.3. The number of allylic oxidation sites excluding steroid dienone is 1. The highest BCUT2D eigenvalue weighted by atomic mass is 16.6. The molecular weight excluding hydrogens is 164 g/mol. The van der Waals surface area contributed by atoms with Crippen LogP contribution in [0.4, 0.5) is 0 Å². The fraction of sp³-hybridized carbons (Fsp3) is 0.273. The summed E-state index contributed by atoms with van der Waals surface area (Å²) in [6, 6.07) is 9.23. The Bertz CT molecular complexity index is 265. The molecule has 0 aliphatic carbocycles. The second-order valence-corrected chi connectivity index (χ2v) is 2.75. The molecule has 0 amide bonds. The Morgan fingerprint density at radius 2 is 2.08 bits per heavy atom. The predicted molar refractivity (Wildman–Crippen MR) is 52.7 cm³/mol. The number of aliphatic hydroxyl groups is 1. The van der Waals surface area contributed by atoms with Crippen molar-refractivity contribution in [2.24, 2.45) is 0 Å². The van der Waals surface area contributed by atoms with Crippen molar-refractivity contribution >= 4 is 0 Å². The standard InChI is InChI=1S/C11H14O2/c1-2-3-9-11(12)13-10-7-5-4-6-8-10/h4-9,12H,2-3H2,1H3. The molecule has 0 bridgehead atoms. The lowest BCUT2D eigenvalue weighted by Crippen LogP contribution is -1.93. The summed E-state index contributed by atoms with van der Waals surface area (Å²) in [5, 5.41) is 9.27. The summed E-state index contributed by atoms with van der Waals surface area (Å²) >= 11 is 0. The van der Waals surface area contributed by atoms with E-state index in [2.05, 4.69) is 0 Å². The number of hydrogen-bond donors (Lipinski definition) is 1. The Balaban J connectivity index is 2.50. The van der Waals surface area contributed by atoms with E-state index in [1.807, 2.05) is 25.1 Å². The highest BCUT2D eigenvalue weighted by Gasteiger charge is 1.94. The monoisotopic (exact) mass is 178 g/mol. The van der Waals surface area contributed by atoms with Crippen molar-refractivity contribution in [2.45, 2.75) is 19.8 Å². The van der Waals surface area contributed by atoms with Gasteiger partial charge in [-0.25, -0.2) is 0 Å². The van der Waals surface area contributed by atoms with Gasteiger partial charge in [-0.05, 0) is 24.6 Å². The zero-order chi connectivity index (χ0) is 9.52. The first-order valence-electron chi connectivity index (χ1n) is 4.45. The first kappa shape index (κ1) is 9.65. The molecular formula is C11H14O2. The predicted octanol–water partition coefficient (Wildman–Crippen LogP) is 3.26. The van der Waals surface area contributed by atoms with E-state index in [4.69, 9.17) is 4.74 Å². The van der Waals surface area contributed by atoms with Gasteiger partial charge in [0.1, 0.15) is 5.75 Å². The summed E-state index contributed by atoms with van der Waals surface area (Å²) in [6.07, 6.45) is 3.51. The van der Waals surface area contributed by atoms with Gasteiger partial charge in [-0.1, -0.05) is 31.5 Å². The Labute approximate surface area is 78.5 Å². The van der Waals surface area contributed by atoms with Gasteiger partial charge in [-0.2, -0.15) is 0 Å². The Morgan fingerprint density at radius 3 is 2.69 bits per heavy atom. The normalized spacial score (nSPS) is 11.3. The van der Waals surface area contributed by atoms with Crippen molar-refractivity contribution in [3.63, 3.8) is 0 Å².